The van der Waals surface area contributed by atoms with Crippen LogP contribution in [0.3, 0.4) is 0 Å². The van der Waals surface area contributed by atoms with Gasteiger partial charge in [0.25, 0.3) is 0 Å². The van der Waals surface area contributed by atoms with Gasteiger partial charge in [-0.1, -0.05) is 6.07 Å². The Labute approximate surface area is 201 Å². The molecule has 190 valence electrons. The number of pyridine rings is 1. The SMILES string of the molecule is COC(CF)CN(CCCCc1ccc2c(n1)NCCC2)CCC(NC(=O)CC1CC1)C(=O)O. The van der Waals surface area contributed by atoms with Crippen LogP contribution in [0.4, 0.5) is 10.2 Å². The summed E-state index contributed by atoms with van der Waals surface area (Å²) in [4.78, 5) is 30.5. The lowest BCUT2D eigenvalue weighted by molar-refractivity contribution is -0.142. The third kappa shape index (κ3) is 8.83. The van der Waals surface area contributed by atoms with Crippen LogP contribution in [0.1, 0.15) is 56.2 Å². The van der Waals surface area contributed by atoms with Crippen LogP contribution in [0.5, 0.6) is 0 Å². The smallest absolute Gasteiger partial charge is 0.326 e. The van der Waals surface area contributed by atoms with Crippen LogP contribution in [0.25, 0.3) is 0 Å². The third-order valence-electron chi connectivity index (χ3n) is 6.61. The summed E-state index contributed by atoms with van der Waals surface area (Å²) < 4.78 is 18.5. The van der Waals surface area contributed by atoms with Crippen LogP contribution in [-0.2, 0) is 27.2 Å². The van der Waals surface area contributed by atoms with Crippen LogP contribution in [-0.4, -0.2) is 79.0 Å². The van der Waals surface area contributed by atoms with Crippen molar-refractivity contribution in [2.45, 2.75) is 69.9 Å². The Morgan fingerprint density at radius 2 is 2.15 bits per heavy atom. The Balaban J connectivity index is 1.47. The van der Waals surface area contributed by atoms with Crippen LogP contribution in [0.2, 0.25) is 0 Å². The lowest BCUT2D eigenvalue weighted by Crippen LogP contribution is -2.44. The number of ether oxygens (including phenoxy) is 1. The first-order valence-corrected chi connectivity index (χ1v) is 12.5. The van der Waals surface area contributed by atoms with E-state index in [0.29, 0.717) is 32.0 Å². The number of nitrogens with zero attached hydrogens (tertiary/aromatic N) is 2. The molecule has 0 spiro atoms. The van der Waals surface area contributed by atoms with Crippen molar-refractivity contribution in [2.75, 3.05) is 45.3 Å². The number of alkyl halides is 1. The third-order valence-corrected chi connectivity index (χ3v) is 6.61. The predicted octanol–water partition coefficient (Wildman–Crippen LogP) is 2.81. The number of halogens is 1. The number of carbonyl (C=O) groups excluding carboxylic acids is 1. The average molecular weight is 479 g/mol. The van der Waals surface area contributed by atoms with Gasteiger partial charge in [-0.25, -0.2) is 14.2 Å². The van der Waals surface area contributed by atoms with E-state index < -0.39 is 24.8 Å². The Kier molecular flexibility index (Phi) is 10.5. The van der Waals surface area contributed by atoms with Gasteiger partial charge in [-0.3, -0.25) is 4.79 Å². The molecular formula is C25H39FN4O4. The van der Waals surface area contributed by atoms with Crippen molar-refractivity contribution in [1.82, 2.24) is 15.2 Å². The Bertz CT molecular complexity index is 801. The highest BCUT2D eigenvalue weighted by Gasteiger charge is 2.27. The molecule has 8 nitrogen and oxygen atoms in total. The minimum atomic E-state index is -1.04. The van der Waals surface area contributed by atoms with Crippen LogP contribution >= 0.6 is 0 Å². The first-order valence-electron chi connectivity index (χ1n) is 12.5. The molecule has 9 heteroatoms. The molecule has 2 unspecified atom stereocenters. The van der Waals surface area contributed by atoms with Gasteiger partial charge in [-0.15, -0.1) is 0 Å². The fourth-order valence-corrected chi connectivity index (χ4v) is 4.32. The molecule has 3 rings (SSSR count). The molecule has 1 aliphatic heterocycles. The van der Waals surface area contributed by atoms with Gasteiger partial charge < -0.3 is 25.4 Å². The number of amides is 1. The number of hydrogen-bond donors (Lipinski definition) is 3. The highest BCUT2D eigenvalue weighted by atomic mass is 19.1. The van der Waals surface area contributed by atoms with Crippen molar-refractivity contribution in [3.8, 4) is 0 Å². The molecule has 0 aromatic carbocycles. The number of unbranched alkanes of at least 4 members (excludes halogenated alkanes) is 1. The van der Waals surface area contributed by atoms with Crippen LogP contribution in [0, 0.1) is 5.92 Å². The highest BCUT2D eigenvalue weighted by Crippen LogP contribution is 2.32. The summed E-state index contributed by atoms with van der Waals surface area (Å²) in [7, 11) is 1.48. The number of fused-ring (bicyclic) bond motifs is 1. The van der Waals surface area contributed by atoms with Gasteiger partial charge in [-0.2, -0.15) is 0 Å². The first-order chi connectivity index (χ1) is 16.5. The van der Waals surface area contributed by atoms with E-state index in [0.717, 1.165) is 63.0 Å². The molecule has 1 amide bonds. The van der Waals surface area contributed by atoms with Crippen LogP contribution < -0.4 is 10.6 Å². The average Bonchev–Trinajstić information content (AvgIpc) is 3.65. The number of methoxy groups -OCH3 is 1. The van der Waals surface area contributed by atoms with E-state index in [-0.39, 0.29) is 12.3 Å². The van der Waals surface area contributed by atoms with E-state index >= 15 is 0 Å². The minimum absolute atomic E-state index is 0.202. The van der Waals surface area contributed by atoms with Gasteiger partial charge in [0.15, 0.2) is 0 Å². The second-order valence-corrected chi connectivity index (χ2v) is 9.50. The minimum Gasteiger partial charge on any atom is -0.480 e. The largest absolute Gasteiger partial charge is 0.480 e. The summed E-state index contributed by atoms with van der Waals surface area (Å²) in [6, 6.07) is 3.31. The molecule has 2 aliphatic rings. The summed E-state index contributed by atoms with van der Waals surface area (Å²) >= 11 is 0. The molecule has 2 heterocycles. The summed E-state index contributed by atoms with van der Waals surface area (Å²) in [5, 5.41) is 15.6. The summed E-state index contributed by atoms with van der Waals surface area (Å²) in [5.74, 6) is 0.162. The lowest BCUT2D eigenvalue weighted by Gasteiger charge is -2.27. The molecular weight excluding hydrogens is 439 g/mol. The van der Waals surface area contributed by atoms with Gasteiger partial charge in [-0.05, 0) is 75.5 Å². The van der Waals surface area contributed by atoms with Crippen molar-refractivity contribution in [2.24, 2.45) is 5.92 Å². The van der Waals surface area contributed by atoms with Gasteiger partial charge >= 0.3 is 5.97 Å². The molecule has 0 saturated heterocycles. The number of carboxylic acid groups (broad SMARTS) is 1. The standard InChI is InChI=1S/C25H39FN4O4/c1-34-21(16-26)17-30(14-11-22(25(32)33)29-23(31)15-18-7-8-18)13-3-2-6-20-10-9-19-5-4-12-27-24(19)28-20/h9-10,18,21-22H,2-8,11-17H2,1H3,(H,27,28)(H,29,31)(H,32,33). The summed E-state index contributed by atoms with van der Waals surface area (Å²) in [5.41, 5.74) is 2.33. The zero-order chi connectivity index (χ0) is 24.3. The zero-order valence-corrected chi connectivity index (χ0v) is 20.2. The quantitative estimate of drug-likeness (QED) is 0.314. The number of nitrogens with one attached hydrogen (secondary N) is 2. The van der Waals surface area contributed by atoms with E-state index in [1.165, 1.54) is 12.7 Å². The molecule has 1 saturated carbocycles. The highest BCUT2D eigenvalue weighted by molar-refractivity contribution is 5.83. The maximum Gasteiger partial charge on any atom is 0.326 e. The molecule has 1 fully saturated rings. The number of carbonyl (C=O) groups is 2. The van der Waals surface area contributed by atoms with Gasteiger partial charge in [0, 0.05) is 38.9 Å². The molecule has 34 heavy (non-hydrogen) atoms. The number of aliphatic carboxylic acids is 1. The number of carboxylic acids is 1. The molecule has 0 radical (unpaired) electrons. The summed E-state index contributed by atoms with van der Waals surface area (Å²) in [6.45, 7) is 1.90. The number of aryl methyl sites for hydroxylation is 2. The molecule has 1 aromatic heterocycles. The molecule has 3 N–H and O–H groups in total. The van der Waals surface area contributed by atoms with Gasteiger partial charge in [0.05, 0.1) is 6.10 Å². The second kappa shape index (κ2) is 13.6. The normalized spacial score (nSPS) is 17.0. The Hall–Kier alpha value is -2.26. The van der Waals surface area contributed by atoms with Gasteiger partial charge in [0.1, 0.15) is 18.5 Å². The number of hydrogen-bond acceptors (Lipinski definition) is 6. The second-order valence-electron chi connectivity index (χ2n) is 9.50. The van der Waals surface area contributed by atoms with E-state index in [9.17, 15) is 19.1 Å². The first kappa shape index (κ1) is 26.3. The van der Waals surface area contributed by atoms with E-state index in [4.69, 9.17) is 9.72 Å². The topological polar surface area (TPSA) is 104 Å². The number of aromatic nitrogens is 1. The predicted molar refractivity (Wildman–Crippen MR) is 129 cm³/mol. The maximum absolute atomic E-state index is 13.3. The monoisotopic (exact) mass is 478 g/mol. The van der Waals surface area contributed by atoms with Gasteiger partial charge in [0.2, 0.25) is 5.91 Å². The molecule has 1 aliphatic carbocycles. The van der Waals surface area contributed by atoms with Crippen molar-refractivity contribution in [1.29, 1.82) is 0 Å². The maximum atomic E-state index is 13.3. The van der Waals surface area contributed by atoms with Crippen LogP contribution in [0.15, 0.2) is 12.1 Å². The van der Waals surface area contributed by atoms with Crippen molar-refractivity contribution in [3.05, 3.63) is 23.4 Å². The van der Waals surface area contributed by atoms with Crippen molar-refractivity contribution in [3.63, 3.8) is 0 Å². The number of rotatable bonds is 16. The van der Waals surface area contributed by atoms with Crippen molar-refractivity contribution >= 4 is 17.7 Å². The number of anilines is 1. The lowest BCUT2D eigenvalue weighted by atomic mass is 10.1. The van der Waals surface area contributed by atoms with E-state index in [1.54, 1.807) is 0 Å². The Morgan fingerprint density at radius 3 is 2.85 bits per heavy atom. The van der Waals surface area contributed by atoms with Crippen molar-refractivity contribution < 1.29 is 23.8 Å². The fourth-order valence-electron chi connectivity index (χ4n) is 4.32. The molecule has 0 bridgehead atoms. The summed E-state index contributed by atoms with van der Waals surface area (Å²) in [6.07, 6.45) is 7.05. The Morgan fingerprint density at radius 1 is 1.32 bits per heavy atom. The van der Waals surface area contributed by atoms with E-state index in [2.05, 4.69) is 22.8 Å². The fraction of sp³-hybridized carbons (Fsp3) is 0.720. The van der Waals surface area contributed by atoms with E-state index in [1.807, 2.05) is 4.90 Å². The molecule has 1 aromatic rings. The zero-order valence-electron chi connectivity index (χ0n) is 20.2. The molecule has 2 atom stereocenters.